The number of hydrogen-bond acceptors (Lipinski definition) is 4. The van der Waals surface area contributed by atoms with Gasteiger partial charge in [-0.2, -0.15) is 0 Å². The summed E-state index contributed by atoms with van der Waals surface area (Å²) in [6.45, 7) is -0.932. The third kappa shape index (κ3) is 10.4. The first-order valence-corrected chi connectivity index (χ1v) is 3.33. The van der Waals surface area contributed by atoms with E-state index in [-0.39, 0.29) is 79.1 Å². The standard InChI is InChI=1S/C6H11NO5.K.H/c8-2-1-7(3-5(9)10)4-6(11)12;;/h8H,1-4H2,(H,9,10)(H,11,12);;/q;+1;-1. The maximum Gasteiger partial charge on any atom is 1.00 e. The Balaban J connectivity index is -0.000000605. The van der Waals surface area contributed by atoms with Gasteiger partial charge in [0, 0.05) is 6.54 Å². The molecule has 0 aromatic heterocycles. The van der Waals surface area contributed by atoms with Gasteiger partial charge in [-0.05, 0) is 0 Å². The summed E-state index contributed by atoms with van der Waals surface area (Å²) in [4.78, 5) is 21.4. The number of aliphatic carboxylic acids is 2. The molecular formula is C6H12KNO5. The molecule has 0 saturated heterocycles. The SMILES string of the molecule is O=C(O)CN(CCO)CC(=O)O.[H-].[K+]. The van der Waals surface area contributed by atoms with Gasteiger partial charge >= 0.3 is 63.3 Å². The van der Waals surface area contributed by atoms with Gasteiger partial charge in [-0.3, -0.25) is 14.5 Å². The van der Waals surface area contributed by atoms with Gasteiger partial charge in [0.05, 0.1) is 19.7 Å². The van der Waals surface area contributed by atoms with Crippen LogP contribution in [0.2, 0.25) is 0 Å². The van der Waals surface area contributed by atoms with Crippen LogP contribution in [0.15, 0.2) is 0 Å². The molecule has 0 aromatic rings. The van der Waals surface area contributed by atoms with E-state index >= 15 is 0 Å². The maximum absolute atomic E-state index is 10.1. The van der Waals surface area contributed by atoms with Gasteiger partial charge in [0.15, 0.2) is 0 Å². The number of hydrogen-bond donors (Lipinski definition) is 3. The molecule has 72 valence electrons. The third-order valence-electron chi connectivity index (χ3n) is 1.13. The van der Waals surface area contributed by atoms with Crippen molar-refractivity contribution in [1.29, 1.82) is 0 Å². The van der Waals surface area contributed by atoms with Crippen molar-refractivity contribution in [2.75, 3.05) is 26.2 Å². The Bertz CT molecular complexity index is 164. The Labute approximate surface area is 119 Å². The molecule has 13 heavy (non-hydrogen) atoms. The minimum Gasteiger partial charge on any atom is -1.00 e. The second kappa shape index (κ2) is 9.07. The zero-order chi connectivity index (χ0) is 9.56. The Kier molecular flexibility index (Phi) is 11.1. The van der Waals surface area contributed by atoms with E-state index in [0.717, 1.165) is 4.90 Å². The Morgan fingerprint density at radius 3 is 1.77 bits per heavy atom. The minimum absolute atomic E-state index is 0. The number of aliphatic hydroxyl groups is 1. The van der Waals surface area contributed by atoms with Crippen molar-refractivity contribution in [1.82, 2.24) is 4.90 Å². The van der Waals surface area contributed by atoms with Crippen LogP contribution < -0.4 is 51.4 Å². The fourth-order valence-corrected chi connectivity index (χ4v) is 0.738. The topological polar surface area (TPSA) is 98.1 Å². The zero-order valence-electron chi connectivity index (χ0n) is 8.43. The van der Waals surface area contributed by atoms with Crippen molar-refractivity contribution in [3.63, 3.8) is 0 Å². The van der Waals surface area contributed by atoms with Crippen LogP contribution in [0.5, 0.6) is 0 Å². The molecule has 0 atom stereocenters. The van der Waals surface area contributed by atoms with E-state index in [0.29, 0.717) is 0 Å². The summed E-state index contributed by atoms with van der Waals surface area (Å²) in [5, 5.41) is 25.0. The molecule has 0 heterocycles. The predicted octanol–water partition coefficient (Wildman–Crippen LogP) is -4.43. The molecule has 0 radical (unpaired) electrons. The number of rotatable bonds is 6. The van der Waals surface area contributed by atoms with E-state index in [2.05, 4.69) is 0 Å². The maximum atomic E-state index is 10.1. The Morgan fingerprint density at radius 2 is 1.54 bits per heavy atom. The third-order valence-corrected chi connectivity index (χ3v) is 1.13. The van der Waals surface area contributed by atoms with E-state index in [1.807, 2.05) is 0 Å². The van der Waals surface area contributed by atoms with Crippen molar-refractivity contribution in [2.24, 2.45) is 0 Å². The summed E-state index contributed by atoms with van der Waals surface area (Å²) in [6.07, 6.45) is 0. The molecule has 0 spiro atoms. The van der Waals surface area contributed by atoms with E-state index in [9.17, 15) is 9.59 Å². The quantitative estimate of drug-likeness (QED) is 0.388. The average Bonchev–Trinajstić information content (AvgIpc) is 1.84. The fourth-order valence-electron chi connectivity index (χ4n) is 0.738. The van der Waals surface area contributed by atoms with Gasteiger partial charge in [0.1, 0.15) is 0 Å². The molecular weight excluding hydrogens is 205 g/mol. The predicted molar refractivity (Wildman–Crippen MR) is 39.9 cm³/mol. The first kappa shape index (κ1) is 15.9. The van der Waals surface area contributed by atoms with Gasteiger partial charge in [0.2, 0.25) is 0 Å². The van der Waals surface area contributed by atoms with Crippen LogP contribution in [0, 0.1) is 0 Å². The molecule has 0 aliphatic heterocycles. The Hall–Kier alpha value is 0.496. The molecule has 0 fully saturated rings. The molecule has 0 aliphatic rings. The second-order valence-electron chi connectivity index (χ2n) is 2.22. The van der Waals surface area contributed by atoms with Gasteiger partial charge in [-0.25, -0.2) is 0 Å². The van der Waals surface area contributed by atoms with E-state index in [1.165, 1.54) is 0 Å². The normalized spacial score (nSPS) is 9.38. The van der Waals surface area contributed by atoms with Crippen molar-refractivity contribution < 1.29 is 77.7 Å². The van der Waals surface area contributed by atoms with Gasteiger partial charge in [-0.1, -0.05) is 0 Å². The monoisotopic (exact) mass is 217 g/mol. The summed E-state index contributed by atoms with van der Waals surface area (Å²) < 4.78 is 0. The first-order chi connectivity index (χ1) is 5.56. The smallest absolute Gasteiger partial charge is 1.00 e. The van der Waals surface area contributed by atoms with E-state index < -0.39 is 11.9 Å². The van der Waals surface area contributed by atoms with Crippen LogP contribution in [-0.2, 0) is 9.59 Å². The van der Waals surface area contributed by atoms with Crippen molar-refractivity contribution >= 4 is 11.9 Å². The van der Waals surface area contributed by atoms with Crippen LogP contribution >= 0.6 is 0 Å². The summed E-state index contributed by atoms with van der Waals surface area (Å²) in [5.41, 5.74) is 0. The fraction of sp³-hybridized carbons (Fsp3) is 0.667. The Morgan fingerprint density at radius 1 is 1.15 bits per heavy atom. The summed E-state index contributed by atoms with van der Waals surface area (Å²) in [5.74, 6) is -2.21. The van der Waals surface area contributed by atoms with E-state index in [4.69, 9.17) is 15.3 Å². The van der Waals surface area contributed by atoms with Crippen LogP contribution in [0.3, 0.4) is 0 Å². The summed E-state index contributed by atoms with van der Waals surface area (Å²) in [7, 11) is 0. The number of carboxylic acids is 2. The van der Waals surface area contributed by atoms with Gasteiger partial charge in [0.25, 0.3) is 0 Å². The molecule has 0 aromatic carbocycles. The van der Waals surface area contributed by atoms with Crippen LogP contribution in [0.25, 0.3) is 0 Å². The molecule has 0 bridgehead atoms. The molecule has 0 amide bonds. The summed E-state index contributed by atoms with van der Waals surface area (Å²) >= 11 is 0. The van der Waals surface area contributed by atoms with E-state index in [1.54, 1.807) is 0 Å². The number of nitrogens with zero attached hydrogens (tertiary/aromatic N) is 1. The zero-order valence-corrected chi connectivity index (χ0v) is 10.6. The second-order valence-corrected chi connectivity index (χ2v) is 2.22. The molecule has 0 unspecified atom stereocenters. The molecule has 7 heteroatoms. The van der Waals surface area contributed by atoms with Crippen LogP contribution in [0.1, 0.15) is 1.43 Å². The van der Waals surface area contributed by atoms with Crippen molar-refractivity contribution in [2.45, 2.75) is 0 Å². The van der Waals surface area contributed by atoms with Gasteiger partial charge in [-0.15, -0.1) is 0 Å². The number of carbonyl (C=O) groups is 2. The van der Waals surface area contributed by atoms with Gasteiger partial charge < -0.3 is 16.7 Å². The largest absolute Gasteiger partial charge is 1.00 e. The average molecular weight is 217 g/mol. The minimum atomic E-state index is -1.11. The van der Waals surface area contributed by atoms with Crippen molar-refractivity contribution in [3.05, 3.63) is 0 Å². The molecule has 0 aliphatic carbocycles. The molecule has 0 saturated carbocycles. The van der Waals surface area contributed by atoms with Crippen LogP contribution in [-0.4, -0.2) is 58.4 Å². The number of aliphatic hydroxyl groups excluding tert-OH is 1. The first-order valence-electron chi connectivity index (χ1n) is 3.33. The molecule has 6 nitrogen and oxygen atoms in total. The van der Waals surface area contributed by atoms with Crippen molar-refractivity contribution in [3.8, 4) is 0 Å². The van der Waals surface area contributed by atoms with Crippen LogP contribution in [0.4, 0.5) is 0 Å². The summed E-state index contributed by atoms with van der Waals surface area (Å²) in [6, 6.07) is 0. The molecule has 3 N–H and O–H groups in total. The number of carboxylic acid groups (broad SMARTS) is 2. The molecule has 0 rings (SSSR count).